The number of carbonyl (C=O) groups excluding carboxylic acids is 1. The molecule has 49 heavy (non-hydrogen) atoms. The van der Waals surface area contributed by atoms with Crippen molar-refractivity contribution in [3.8, 4) is 0 Å². The predicted octanol–water partition coefficient (Wildman–Crippen LogP) is 9.86. The molecule has 2 N–H and O–H groups in total. The number of ether oxygens (including phenoxy) is 2. The molecule has 0 saturated carbocycles. The Morgan fingerprint density at radius 2 is 1.67 bits per heavy atom. The molecule has 0 aromatic heterocycles. The number of esters is 1. The molecule has 9 atom stereocenters. The highest BCUT2D eigenvalue weighted by Gasteiger charge is 2.48. The topological polar surface area (TPSA) is 97.8 Å². The third-order valence-electron chi connectivity index (χ3n) is 11.9. The quantitative estimate of drug-likeness (QED) is 0.0896. The van der Waals surface area contributed by atoms with E-state index in [2.05, 4.69) is 101 Å². The van der Waals surface area contributed by atoms with Gasteiger partial charge in [0.1, 0.15) is 12.5 Å². The number of aliphatic hydroxyl groups is 2. The molecule has 2 aliphatic heterocycles. The van der Waals surface area contributed by atoms with E-state index in [-0.39, 0.29) is 53.1 Å². The number of allylic oxidation sites excluding steroid dienone is 3. The van der Waals surface area contributed by atoms with Gasteiger partial charge in [-0.25, -0.2) is 0 Å². The highest BCUT2D eigenvalue weighted by Crippen LogP contribution is 2.42. The molecule has 284 valence electrons. The number of hydrogen-bond donors (Lipinski definition) is 2. The summed E-state index contributed by atoms with van der Waals surface area (Å²) in [4.78, 5) is 13.4. The van der Waals surface area contributed by atoms with E-state index in [4.69, 9.17) is 18.3 Å². The molecule has 9 unspecified atom stereocenters. The zero-order chi connectivity index (χ0) is 37.8. The van der Waals surface area contributed by atoms with Crippen LogP contribution in [0.5, 0.6) is 0 Å². The first-order chi connectivity index (χ1) is 22.2. The van der Waals surface area contributed by atoms with Gasteiger partial charge in [-0.3, -0.25) is 4.79 Å². The molecule has 2 aliphatic rings. The molecule has 1 fully saturated rings. The fourth-order valence-electron chi connectivity index (χ4n) is 6.03. The SMILES string of the molecule is CCC(O[Si](C)(C)C(C)(C)C)C(C)C1OC1CC(C)/C=C/C=C(\C)C1OC(=O)C/C(O[Si](C)(C)C(C)(C)C)=C/CC(C)(O)C(O)CCC1C. The van der Waals surface area contributed by atoms with E-state index in [0.717, 1.165) is 18.4 Å². The van der Waals surface area contributed by atoms with Crippen LogP contribution in [0.25, 0.3) is 0 Å². The maximum absolute atomic E-state index is 13.4. The van der Waals surface area contributed by atoms with Crippen molar-refractivity contribution in [3.05, 3.63) is 35.6 Å². The van der Waals surface area contributed by atoms with E-state index in [0.29, 0.717) is 30.4 Å². The van der Waals surface area contributed by atoms with E-state index >= 15 is 0 Å². The second kappa shape index (κ2) is 17.1. The van der Waals surface area contributed by atoms with Crippen LogP contribution in [0.3, 0.4) is 0 Å². The van der Waals surface area contributed by atoms with Crippen LogP contribution in [0.2, 0.25) is 36.3 Å². The van der Waals surface area contributed by atoms with E-state index in [1.54, 1.807) is 13.0 Å². The van der Waals surface area contributed by atoms with Crippen molar-refractivity contribution in [3.63, 3.8) is 0 Å². The van der Waals surface area contributed by atoms with Crippen molar-refractivity contribution in [2.24, 2.45) is 17.8 Å². The average molecular weight is 723 g/mol. The van der Waals surface area contributed by atoms with Gasteiger partial charge in [0.25, 0.3) is 0 Å². The molecule has 7 nitrogen and oxygen atoms in total. The van der Waals surface area contributed by atoms with Crippen LogP contribution in [0.1, 0.15) is 122 Å². The van der Waals surface area contributed by atoms with Crippen molar-refractivity contribution in [2.75, 3.05) is 0 Å². The predicted molar refractivity (Wildman–Crippen MR) is 207 cm³/mol. The summed E-state index contributed by atoms with van der Waals surface area (Å²) in [6.07, 6.45) is 10.5. The maximum atomic E-state index is 13.4. The van der Waals surface area contributed by atoms with Gasteiger partial charge in [0.05, 0.1) is 29.7 Å². The Morgan fingerprint density at radius 1 is 1.08 bits per heavy atom. The van der Waals surface area contributed by atoms with Gasteiger partial charge in [-0.05, 0) is 106 Å². The number of hydrogen-bond acceptors (Lipinski definition) is 7. The Hall–Kier alpha value is -1.24. The van der Waals surface area contributed by atoms with Gasteiger partial charge in [0.15, 0.2) is 8.32 Å². The Kier molecular flexibility index (Phi) is 15.3. The molecule has 1 saturated heterocycles. The number of carbonyl (C=O) groups is 1. The van der Waals surface area contributed by atoms with Gasteiger partial charge in [-0.1, -0.05) is 87.5 Å². The molecule has 0 aromatic carbocycles. The van der Waals surface area contributed by atoms with Crippen LogP contribution in [0, 0.1) is 17.8 Å². The lowest BCUT2D eigenvalue weighted by atomic mass is 9.86. The molecular weight excluding hydrogens is 649 g/mol. The van der Waals surface area contributed by atoms with Crippen LogP contribution < -0.4 is 0 Å². The van der Waals surface area contributed by atoms with Crippen molar-refractivity contribution < 1.29 is 33.3 Å². The summed E-state index contributed by atoms with van der Waals surface area (Å²) in [6, 6.07) is 0. The highest BCUT2D eigenvalue weighted by atomic mass is 28.4. The monoisotopic (exact) mass is 722 g/mol. The lowest BCUT2D eigenvalue weighted by Gasteiger charge is -2.40. The van der Waals surface area contributed by atoms with Gasteiger partial charge < -0.3 is 28.5 Å². The number of epoxide rings is 1. The van der Waals surface area contributed by atoms with Crippen LogP contribution in [-0.4, -0.2) is 68.9 Å². The molecule has 0 bridgehead atoms. The first-order valence-electron chi connectivity index (χ1n) is 18.9. The first-order valence-corrected chi connectivity index (χ1v) is 24.7. The summed E-state index contributed by atoms with van der Waals surface area (Å²) >= 11 is 0. The Labute approximate surface area is 302 Å². The van der Waals surface area contributed by atoms with Crippen LogP contribution in [-0.2, 0) is 23.1 Å². The smallest absolute Gasteiger partial charge is 0.314 e. The minimum atomic E-state index is -2.25. The molecule has 0 amide bonds. The van der Waals surface area contributed by atoms with Gasteiger partial charge >= 0.3 is 5.97 Å². The van der Waals surface area contributed by atoms with Crippen molar-refractivity contribution in [1.82, 2.24) is 0 Å². The van der Waals surface area contributed by atoms with Gasteiger partial charge in [-0.15, -0.1) is 0 Å². The first kappa shape index (κ1) is 43.9. The molecule has 9 heteroatoms. The lowest BCUT2D eigenvalue weighted by molar-refractivity contribution is -0.149. The molecule has 0 aromatic rings. The summed E-state index contributed by atoms with van der Waals surface area (Å²) in [5.74, 6) is 0.789. The lowest BCUT2D eigenvalue weighted by Crippen LogP contribution is -2.46. The van der Waals surface area contributed by atoms with E-state index in [1.165, 1.54) is 0 Å². The largest absolute Gasteiger partial charge is 0.546 e. The highest BCUT2D eigenvalue weighted by molar-refractivity contribution is 6.74. The molecule has 0 radical (unpaired) electrons. The standard InChI is InChI=1S/C40H74O7Si2/c1-17-32(47-49(15,16)39(9,10)11)30(5)37-33(44-37)25-27(2)19-18-20-28(3)36-29(4)21-22-34(41)40(12,43)24-23-31(26-35(42)45-36)46-48(13,14)38(6,7)8/h18-20,23,27,29-30,32-34,36-37,41,43H,17,21-22,24-26H2,1-16H3/b19-18+,28-20+,31-23-. The summed E-state index contributed by atoms with van der Waals surface area (Å²) in [5.41, 5.74) is -0.386. The molecule has 2 rings (SSSR count). The fraction of sp³-hybridized carbons (Fsp3) is 0.825. The zero-order valence-electron chi connectivity index (χ0n) is 34.1. The third-order valence-corrected chi connectivity index (χ3v) is 20.8. The minimum absolute atomic E-state index is 0.0111. The fourth-order valence-corrected chi connectivity index (χ4v) is 8.64. The maximum Gasteiger partial charge on any atom is 0.314 e. The normalized spacial score (nSPS) is 31.6. The van der Waals surface area contributed by atoms with Crippen LogP contribution >= 0.6 is 0 Å². The molecule has 2 heterocycles. The van der Waals surface area contributed by atoms with Crippen molar-refractivity contribution in [1.29, 1.82) is 0 Å². The second-order valence-corrected chi connectivity index (χ2v) is 28.1. The molecular formula is C40H74O7Si2. The summed E-state index contributed by atoms with van der Waals surface area (Å²) < 4.78 is 25.7. The number of cyclic esters (lactones) is 1. The summed E-state index contributed by atoms with van der Waals surface area (Å²) in [7, 11) is -4.11. The Balaban J connectivity index is 2.13. The Morgan fingerprint density at radius 3 is 2.22 bits per heavy atom. The van der Waals surface area contributed by atoms with Gasteiger partial charge in [0, 0.05) is 12.0 Å². The summed E-state index contributed by atoms with van der Waals surface area (Å²) in [6.45, 7) is 34.7. The molecule has 0 spiro atoms. The minimum Gasteiger partial charge on any atom is -0.546 e. The second-order valence-electron chi connectivity index (χ2n) is 18.6. The number of rotatable bonds is 12. The van der Waals surface area contributed by atoms with Crippen LogP contribution in [0.4, 0.5) is 0 Å². The van der Waals surface area contributed by atoms with Crippen molar-refractivity contribution in [2.45, 2.75) is 194 Å². The Bertz CT molecular complexity index is 1170. The van der Waals surface area contributed by atoms with Crippen molar-refractivity contribution >= 4 is 22.6 Å². The van der Waals surface area contributed by atoms with Gasteiger partial charge in [0.2, 0.25) is 8.32 Å². The van der Waals surface area contributed by atoms with E-state index in [9.17, 15) is 15.0 Å². The van der Waals surface area contributed by atoms with Gasteiger partial charge in [-0.2, -0.15) is 0 Å². The molecule has 0 aliphatic carbocycles. The average Bonchev–Trinajstić information content (AvgIpc) is 3.72. The van der Waals surface area contributed by atoms with E-state index < -0.39 is 34.4 Å². The summed E-state index contributed by atoms with van der Waals surface area (Å²) in [5, 5.41) is 22.2. The van der Waals surface area contributed by atoms with Crippen LogP contribution in [0.15, 0.2) is 35.6 Å². The third kappa shape index (κ3) is 12.7. The zero-order valence-corrected chi connectivity index (χ0v) is 36.1. The van der Waals surface area contributed by atoms with E-state index in [1.807, 2.05) is 19.9 Å². The number of aliphatic hydroxyl groups excluding tert-OH is 1.